The molecule has 0 spiro atoms. The van der Waals surface area contributed by atoms with Gasteiger partial charge in [0.2, 0.25) is 5.90 Å². The molecule has 0 aliphatic carbocycles. The van der Waals surface area contributed by atoms with Gasteiger partial charge in [0, 0.05) is 19.6 Å². The molecule has 3 aromatic carbocycles. The lowest BCUT2D eigenvalue weighted by atomic mass is 10.1. The van der Waals surface area contributed by atoms with Crippen LogP contribution in [-0.2, 0) is 9.53 Å². The fourth-order valence-corrected chi connectivity index (χ4v) is 5.53. The number of hydrogen-bond donors (Lipinski definition) is 0. The van der Waals surface area contributed by atoms with E-state index in [1.54, 1.807) is 60.7 Å². The Morgan fingerprint density at radius 1 is 1.08 bits per heavy atom. The number of halogens is 3. The standard InChI is InChI=1S/C27H16BrCl2NO5S/c1-2-34-21-12-14(3-10-20(21)35-26(32)15-4-6-16(28)7-5-15)11-19-27(33)36-25(31-19)24-23(30)18-9-8-17(29)13-22(18)37-24/h3-13H,2H2,1H3/b19-11+. The van der Waals surface area contributed by atoms with E-state index in [2.05, 4.69) is 20.9 Å². The molecule has 0 radical (unpaired) electrons. The van der Waals surface area contributed by atoms with Crippen molar-refractivity contribution in [3.05, 3.63) is 96.9 Å². The zero-order valence-electron chi connectivity index (χ0n) is 19.1. The molecule has 0 saturated heterocycles. The van der Waals surface area contributed by atoms with Crippen LogP contribution in [0.1, 0.15) is 27.7 Å². The summed E-state index contributed by atoms with van der Waals surface area (Å²) in [6.45, 7) is 2.17. The summed E-state index contributed by atoms with van der Waals surface area (Å²) in [6.07, 6.45) is 1.57. The molecule has 0 atom stereocenters. The number of esters is 2. The molecule has 37 heavy (non-hydrogen) atoms. The summed E-state index contributed by atoms with van der Waals surface area (Å²) >= 11 is 17.3. The number of hydrogen-bond acceptors (Lipinski definition) is 7. The third-order valence-corrected chi connectivity index (χ3v) is 7.67. The van der Waals surface area contributed by atoms with Crippen LogP contribution in [0.5, 0.6) is 11.5 Å². The highest BCUT2D eigenvalue weighted by Crippen LogP contribution is 2.39. The Hall–Kier alpha value is -3.17. The highest BCUT2D eigenvalue weighted by molar-refractivity contribution is 9.10. The molecule has 5 rings (SSSR count). The van der Waals surface area contributed by atoms with E-state index >= 15 is 0 Å². The number of fused-ring (bicyclic) bond motifs is 1. The lowest BCUT2D eigenvalue weighted by molar-refractivity contribution is -0.129. The molecule has 0 N–H and O–H groups in total. The number of carbonyl (C=O) groups is 2. The number of benzene rings is 3. The van der Waals surface area contributed by atoms with Crippen molar-refractivity contribution in [3.63, 3.8) is 0 Å². The Kier molecular flexibility index (Phi) is 7.35. The summed E-state index contributed by atoms with van der Waals surface area (Å²) in [5.41, 5.74) is 1.11. The van der Waals surface area contributed by atoms with Crippen LogP contribution in [0.25, 0.3) is 16.2 Å². The maximum absolute atomic E-state index is 12.6. The average molecular weight is 617 g/mol. The largest absolute Gasteiger partial charge is 0.490 e. The summed E-state index contributed by atoms with van der Waals surface area (Å²) in [5.74, 6) is -0.392. The van der Waals surface area contributed by atoms with Gasteiger partial charge in [-0.15, -0.1) is 11.3 Å². The predicted molar refractivity (Wildman–Crippen MR) is 149 cm³/mol. The van der Waals surface area contributed by atoms with Crippen molar-refractivity contribution >= 4 is 84.5 Å². The lowest BCUT2D eigenvalue weighted by Crippen LogP contribution is -2.09. The number of nitrogens with zero attached hydrogens (tertiary/aromatic N) is 1. The maximum Gasteiger partial charge on any atom is 0.363 e. The second-order valence-electron chi connectivity index (χ2n) is 7.76. The molecule has 1 aliphatic rings. The zero-order chi connectivity index (χ0) is 26.1. The second-order valence-corrected chi connectivity index (χ2v) is 10.5. The van der Waals surface area contributed by atoms with Gasteiger partial charge in [-0.05, 0) is 67.1 Å². The highest BCUT2D eigenvalue weighted by atomic mass is 79.9. The minimum atomic E-state index is -0.606. The fraction of sp³-hybridized carbons (Fsp3) is 0.0741. The van der Waals surface area contributed by atoms with Gasteiger partial charge in [-0.3, -0.25) is 0 Å². The van der Waals surface area contributed by atoms with Gasteiger partial charge < -0.3 is 14.2 Å². The van der Waals surface area contributed by atoms with E-state index in [9.17, 15) is 9.59 Å². The van der Waals surface area contributed by atoms with Crippen LogP contribution in [0.2, 0.25) is 10.0 Å². The Balaban J connectivity index is 1.43. The number of rotatable bonds is 6. The van der Waals surface area contributed by atoms with Gasteiger partial charge in [0.05, 0.1) is 17.2 Å². The summed E-state index contributed by atoms with van der Waals surface area (Å²) in [5, 5.41) is 1.83. The van der Waals surface area contributed by atoms with Crippen molar-refractivity contribution in [2.24, 2.45) is 4.99 Å². The van der Waals surface area contributed by atoms with Crippen LogP contribution >= 0.6 is 50.5 Å². The van der Waals surface area contributed by atoms with Crippen LogP contribution in [0.4, 0.5) is 0 Å². The Morgan fingerprint density at radius 2 is 1.86 bits per heavy atom. The molecule has 186 valence electrons. The number of aliphatic imine (C=N–C) groups is 1. The molecule has 1 aromatic heterocycles. The van der Waals surface area contributed by atoms with Crippen LogP contribution in [0.3, 0.4) is 0 Å². The predicted octanol–water partition coefficient (Wildman–Crippen LogP) is 7.93. The monoisotopic (exact) mass is 615 g/mol. The van der Waals surface area contributed by atoms with Crippen LogP contribution in [0, 0.1) is 0 Å². The highest BCUT2D eigenvalue weighted by Gasteiger charge is 2.28. The second kappa shape index (κ2) is 10.7. The van der Waals surface area contributed by atoms with Crippen molar-refractivity contribution in [1.82, 2.24) is 0 Å². The molecule has 2 heterocycles. The SMILES string of the molecule is CCOc1cc(/C=C2/N=C(c3sc4cc(Cl)ccc4c3Cl)OC2=O)ccc1OC(=O)c1ccc(Br)cc1. The van der Waals surface area contributed by atoms with Gasteiger partial charge in [-0.2, -0.15) is 0 Å². The van der Waals surface area contributed by atoms with Crippen molar-refractivity contribution in [2.45, 2.75) is 6.92 Å². The van der Waals surface area contributed by atoms with Crippen molar-refractivity contribution < 1.29 is 23.8 Å². The molecule has 4 aromatic rings. The van der Waals surface area contributed by atoms with E-state index in [0.717, 1.165) is 14.6 Å². The Bertz CT molecular complexity index is 1610. The van der Waals surface area contributed by atoms with E-state index in [-0.39, 0.29) is 17.3 Å². The molecule has 10 heteroatoms. The molecule has 1 aliphatic heterocycles. The topological polar surface area (TPSA) is 74.2 Å². The number of carbonyl (C=O) groups excluding carboxylic acids is 2. The molecule has 0 fully saturated rings. The Morgan fingerprint density at radius 3 is 2.62 bits per heavy atom. The van der Waals surface area contributed by atoms with Gasteiger partial charge in [0.25, 0.3) is 0 Å². The first-order valence-corrected chi connectivity index (χ1v) is 13.3. The molecular formula is C27H16BrCl2NO5S. The van der Waals surface area contributed by atoms with E-state index in [1.807, 2.05) is 13.0 Å². The van der Waals surface area contributed by atoms with Gasteiger partial charge >= 0.3 is 11.9 Å². The molecule has 6 nitrogen and oxygen atoms in total. The quantitative estimate of drug-likeness (QED) is 0.125. The van der Waals surface area contributed by atoms with Gasteiger partial charge in [-0.25, -0.2) is 14.6 Å². The normalized spacial score (nSPS) is 14.1. The first-order valence-electron chi connectivity index (χ1n) is 11.0. The minimum Gasteiger partial charge on any atom is -0.490 e. The maximum atomic E-state index is 12.6. The van der Waals surface area contributed by atoms with E-state index in [4.69, 9.17) is 37.4 Å². The third kappa shape index (κ3) is 5.43. The van der Waals surface area contributed by atoms with Crippen LogP contribution < -0.4 is 9.47 Å². The minimum absolute atomic E-state index is 0.101. The summed E-state index contributed by atoms with van der Waals surface area (Å²) in [7, 11) is 0. The molecule has 0 bridgehead atoms. The summed E-state index contributed by atoms with van der Waals surface area (Å²) in [6, 6.07) is 17.1. The summed E-state index contributed by atoms with van der Waals surface area (Å²) < 4.78 is 18.4. The zero-order valence-corrected chi connectivity index (χ0v) is 23.0. The number of ether oxygens (including phenoxy) is 3. The van der Waals surface area contributed by atoms with Crippen LogP contribution in [0.15, 0.2) is 75.8 Å². The van der Waals surface area contributed by atoms with E-state index in [1.165, 1.54) is 11.3 Å². The van der Waals surface area contributed by atoms with Crippen molar-refractivity contribution in [3.8, 4) is 11.5 Å². The number of thiophene rings is 1. The van der Waals surface area contributed by atoms with Crippen molar-refractivity contribution in [1.29, 1.82) is 0 Å². The summed E-state index contributed by atoms with van der Waals surface area (Å²) in [4.78, 5) is 30.1. The lowest BCUT2D eigenvalue weighted by Gasteiger charge is -2.11. The Labute approximate surface area is 234 Å². The smallest absolute Gasteiger partial charge is 0.363 e. The van der Waals surface area contributed by atoms with Gasteiger partial charge in [0.15, 0.2) is 17.2 Å². The fourth-order valence-electron chi connectivity index (χ4n) is 3.55. The van der Waals surface area contributed by atoms with Gasteiger partial charge in [0.1, 0.15) is 4.88 Å². The third-order valence-electron chi connectivity index (χ3n) is 5.26. The molecule has 0 unspecified atom stereocenters. The first kappa shape index (κ1) is 25.5. The van der Waals surface area contributed by atoms with Gasteiger partial charge in [-0.1, -0.05) is 51.3 Å². The molecule has 0 amide bonds. The van der Waals surface area contributed by atoms with E-state index < -0.39 is 11.9 Å². The first-order chi connectivity index (χ1) is 17.8. The van der Waals surface area contributed by atoms with Crippen molar-refractivity contribution in [2.75, 3.05) is 6.61 Å². The number of cyclic esters (lactones) is 1. The van der Waals surface area contributed by atoms with E-state index in [0.29, 0.717) is 38.4 Å². The molecule has 0 saturated carbocycles. The van der Waals surface area contributed by atoms with Crippen LogP contribution in [-0.4, -0.2) is 24.4 Å². The molecular weight excluding hydrogens is 601 g/mol. The average Bonchev–Trinajstić information content (AvgIpc) is 3.39.